The summed E-state index contributed by atoms with van der Waals surface area (Å²) in [5.41, 5.74) is 4.72. The van der Waals surface area contributed by atoms with Crippen LogP contribution in [0.5, 0.6) is 0 Å². The molecule has 34 heavy (non-hydrogen) atoms. The van der Waals surface area contributed by atoms with Crippen molar-refractivity contribution in [1.29, 1.82) is 0 Å². The zero-order valence-corrected chi connectivity index (χ0v) is 21.0. The molecule has 6 heteroatoms. The van der Waals surface area contributed by atoms with Crippen molar-refractivity contribution in [3.63, 3.8) is 0 Å². The molecule has 1 atom stereocenters. The van der Waals surface area contributed by atoms with Crippen molar-refractivity contribution >= 4 is 5.91 Å². The predicted octanol–water partition coefficient (Wildman–Crippen LogP) is 5.21. The lowest BCUT2D eigenvalue weighted by Crippen LogP contribution is -2.43. The molecule has 3 aromatic rings. The van der Waals surface area contributed by atoms with E-state index in [0.29, 0.717) is 24.8 Å². The molecule has 1 aliphatic heterocycles. The largest absolute Gasteiger partial charge is 0.341 e. The molecule has 1 saturated heterocycles. The molecule has 4 rings (SSSR count). The van der Waals surface area contributed by atoms with Crippen LogP contribution >= 0.6 is 0 Å². The van der Waals surface area contributed by atoms with Crippen LogP contribution in [0.2, 0.25) is 0 Å². The van der Waals surface area contributed by atoms with Crippen LogP contribution in [0, 0.1) is 12.8 Å². The number of likely N-dealkylation sites (tertiary alicyclic amines) is 1. The number of carbonyl (C=O) groups excluding carboxylic acids is 1. The van der Waals surface area contributed by atoms with Crippen LogP contribution in [0.4, 0.5) is 0 Å². The average Bonchev–Trinajstić information content (AvgIpc) is 3.28. The Balaban J connectivity index is 1.34. The van der Waals surface area contributed by atoms with Gasteiger partial charge in [-0.25, -0.2) is 0 Å². The number of piperidine rings is 1. The molecule has 0 aliphatic carbocycles. The van der Waals surface area contributed by atoms with Crippen LogP contribution in [-0.4, -0.2) is 46.0 Å². The van der Waals surface area contributed by atoms with Crippen molar-refractivity contribution in [3.8, 4) is 11.4 Å². The van der Waals surface area contributed by atoms with Crippen LogP contribution in [0.15, 0.2) is 53.1 Å². The molecule has 0 N–H and O–H groups in total. The summed E-state index contributed by atoms with van der Waals surface area (Å²) in [6.45, 7) is 11.5. The monoisotopic (exact) mass is 460 g/mol. The molecule has 0 spiro atoms. The van der Waals surface area contributed by atoms with Crippen molar-refractivity contribution in [2.45, 2.75) is 59.0 Å². The minimum absolute atomic E-state index is 0.00321. The summed E-state index contributed by atoms with van der Waals surface area (Å²) in [5, 5.41) is 4.19. The topological polar surface area (TPSA) is 62.5 Å². The molecule has 2 heterocycles. The van der Waals surface area contributed by atoms with E-state index in [9.17, 15) is 4.79 Å². The molecule has 0 radical (unpaired) electrons. The number of benzene rings is 2. The van der Waals surface area contributed by atoms with E-state index < -0.39 is 0 Å². The lowest BCUT2D eigenvalue weighted by molar-refractivity contribution is -0.136. The molecule has 180 valence electrons. The van der Waals surface area contributed by atoms with E-state index in [1.807, 2.05) is 11.9 Å². The van der Waals surface area contributed by atoms with Gasteiger partial charge in [0.1, 0.15) is 0 Å². The first kappa shape index (κ1) is 24.1. The molecule has 1 aromatic heterocycles. The lowest BCUT2D eigenvalue weighted by Gasteiger charge is -2.33. The second kappa shape index (κ2) is 10.1. The van der Waals surface area contributed by atoms with Crippen molar-refractivity contribution in [1.82, 2.24) is 19.9 Å². The highest BCUT2D eigenvalue weighted by atomic mass is 16.5. The van der Waals surface area contributed by atoms with Gasteiger partial charge in [0.2, 0.25) is 17.6 Å². The van der Waals surface area contributed by atoms with E-state index >= 15 is 0 Å². The van der Waals surface area contributed by atoms with Crippen LogP contribution in [0.1, 0.15) is 56.2 Å². The Kier molecular flexibility index (Phi) is 7.17. The number of hydrogen-bond donors (Lipinski definition) is 0. The Labute approximate surface area is 203 Å². The first-order valence-electron chi connectivity index (χ1n) is 12.2. The number of aryl methyl sites for hydroxylation is 1. The van der Waals surface area contributed by atoms with Crippen LogP contribution in [0.25, 0.3) is 11.4 Å². The lowest BCUT2D eigenvalue weighted by atomic mass is 9.87. The summed E-state index contributed by atoms with van der Waals surface area (Å²) in [6.07, 6.45) is 1.91. The standard InChI is InChI=1S/C28H36N4O2/c1-20-8-10-21(11-9-20)17-31(5)27(33)23-7-6-16-32(18-23)19-25-29-26(30-34-25)22-12-14-24(15-13-22)28(2,3)4/h8-15,23H,6-7,16-19H2,1-5H3. The zero-order valence-electron chi connectivity index (χ0n) is 21.0. The van der Waals surface area contributed by atoms with Gasteiger partial charge >= 0.3 is 0 Å². The quantitative estimate of drug-likeness (QED) is 0.505. The minimum atomic E-state index is -0.00321. The Morgan fingerprint density at radius 1 is 1.12 bits per heavy atom. The molecule has 1 unspecified atom stereocenters. The fourth-order valence-corrected chi connectivity index (χ4v) is 4.50. The molecule has 1 fully saturated rings. The van der Waals surface area contributed by atoms with E-state index in [1.54, 1.807) is 0 Å². The van der Waals surface area contributed by atoms with Crippen molar-refractivity contribution in [2.24, 2.45) is 5.92 Å². The number of rotatable bonds is 6. The van der Waals surface area contributed by atoms with Gasteiger partial charge in [-0.1, -0.05) is 80.0 Å². The van der Waals surface area contributed by atoms with E-state index in [-0.39, 0.29) is 17.2 Å². The summed E-state index contributed by atoms with van der Waals surface area (Å²) < 4.78 is 5.55. The van der Waals surface area contributed by atoms with Gasteiger partial charge in [0.25, 0.3) is 0 Å². The highest BCUT2D eigenvalue weighted by molar-refractivity contribution is 5.79. The van der Waals surface area contributed by atoms with Crippen molar-refractivity contribution < 1.29 is 9.32 Å². The maximum absolute atomic E-state index is 13.1. The highest BCUT2D eigenvalue weighted by Crippen LogP contribution is 2.26. The predicted molar refractivity (Wildman–Crippen MR) is 134 cm³/mol. The van der Waals surface area contributed by atoms with Crippen LogP contribution in [0.3, 0.4) is 0 Å². The Hall–Kier alpha value is -2.99. The smallest absolute Gasteiger partial charge is 0.241 e. The number of hydrogen-bond acceptors (Lipinski definition) is 5. The molecular weight excluding hydrogens is 424 g/mol. The van der Waals surface area contributed by atoms with E-state index in [0.717, 1.165) is 37.1 Å². The number of aromatic nitrogens is 2. The summed E-state index contributed by atoms with van der Waals surface area (Å²) >= 11 is 0. The maximum atomic E-state index is 13.1. The minimum Gasteiger partial charge on any atom is -0.341 e. The van der Waals surface area contributed by atoms with Gasteiger partial charge in [-0.15, -0.1) is 0 Å². The molecular formula is C28H36N4O2. The Morgan fingerprint density at radius 2 is 1.82 bits per heavy atom. The summed E-state index contributed by atoms with van der Waals surface area (Å²) in [7, 11) is 1.90. The first-order valence-corrected chi connectivity index (χ1v) is 12.2. The number of carbonyl (C=O) groups is 1. The van der Waals surface area contributed by atoms with Gasteiger partial charge in [-0.05, 0) is 42.9 Å². The normalized spacial score (nSPS) is 17.0. The van der Waals surface area contributed by atoms with Gasteiger partial charge in [-0.2, -0.15) is 4.98 Å². The van der Waals surface area contributed by atoms with E-state index in [2.05, 4.69) is 91.3 Å². The van der Waals surface area contributed by atoms with Crippen molar-refractivity contribution in [2.75, 3.05) is 20.1 Å². The first-order chi connectivity index (χ1) is 16.2. The fourth-order valence-electron chi connectivity index (χ4n) is 4.50. The molecule has 0 bridgehead atoms. The van der Waals surface area contributed by atoms with Crippen molar-refractivity contribution in [3.05, 3.63) is 71.1 Å². The van der Waals surface area contributed by atoms with Gasteiger partial charge in [0, 0.05) is 25.7 Å². The maximum Gasteiger partial charge on any atom is 0.241 e. The Bertz CT molecular complexity index is 1100. The molecule has 2 aromatic carbocycles. The van der Waals surface area contributed by atoms with Crippen LogP contribution in [-0.2, 0) is 23.3 Å². The summed E-state index contributed by atoms with van der Waals surface area (Å²) in [6, 6.07) is 16.7. The van der Waals surface area contributed by atoms with E-state index in [1.165, 1.54) is 11.1 Å². The summed E-state index contributed by atoms with van der Waals surface area (Å²) in [4.78, 5) is 21.8. The SMILES string of the molecule is Cc1ccc(CN(C)C(=O)C2CCCN(Cc3nc(-c4ccc(C(C)(C)C)cc4)no3)C2)cc1. The van der Waals surface area contributed by atoms with Crippen LogP contribution < -0.4 is 0 Å². The third-order valence-corrected chi connectivity index (χ3v) is 6.61. The highest BCUT2D eigenvalue weighted by Gasteiger charge is 2.29. The summed E-state index contributed by atoms with van der Waals surface area (Å²) in [5.74, 6) is 1.40. The third-order valence-electron chi connectivity index (χ3n) is 6.61. The van der Waals surface area contributed by atoms with Gasteiger partial charge in [0.15, 0.2) is 0 Å². The fraction of sp³-hybridized carbons (Fsp3) is 0.464. The second-order valence-electron chi connectivity index (χ2n) is 10.6. The zero-order chi connectivity index (χ0) is 24.3. The number of nitrogens with zero attached hydrogens (tertiary/aromatic N) is 4. The third kappa shape index (κ3) is 5.92. The number of amides is 1. The molecule has 6 nitrogen and oxygen atoms in total. The van der Waals surface area contributed by atoms with E-state index in [4.69, 9.17) is 4.52 Å². The van der Waals surface area contributed by atoms with Gasteiger partial charge in [-0.3, -0.25) is 9.69 Å². The average molecular weight is 461 g/mol. The Morgan fingerprint density at radius 3 is 2.50 bits per heavy atom. The molecule has 0 saturated carbocycles. The second-order valence-corrected chi connectivity index (χ2v) is 10.6. The van der Waals surface area contributed by atoms with Gasteiger partial charge in [0.05, 0.1) is 12.5 Å². The van der Waals surface area contributed by atoms with Gasteiger partial charge < -0.3 is 9.42 Å². The molecule has 1 aliphatic rings. The molecule has 1 amide bonds.